The summed E-state index contributed by atoms with van der Waals surface area (Å²) in [5, 5.41) is 0. The number of esters is 1. The summed E-state index contributed by atoms with van der Waals surface area (Å²) in [6, 6.07) is 1.18. The normalized spacial score (nSPS) is 10.5. The van der Waals surface area contributed by atoms with Crippen LogP contribution in [0.2, 0.25) is 0 Å². The summed E-state index contributed by atoms with van der Waals surface area (Å²) in [5.74, 6) is -1.20. The van der Waals surface area contributed by atoms with E-state index >= 15 is 0 Å². The quantitative estimate of drug-likeness (QED) is 0.810. The third-order valence-electron chi connectivity index (χ3n) is 2.10. The zero-order valence-corrected chi connectivity index (χ0v) is 9.37. The molecule has 1 rings (SSSR count). The molecule has 0 atom stereocenters. The first-order valence-corrected chi connectivity index (χ1v) is 4.69. The first-order chi connectivity index (χ1) is 8.04. The van der Waals surface area contributed by atoms with Gasteiger partial charge in [-0.25, -0.2) is 18.6 Å². The number of nitrogens with zero attached hydrogens (tertiary/aromatic N) is 1. The Balaban J connectivity index is 3.46. The molecule has 0 fully saturated rings. The van der Waals surface area contributed by atoms with Gasteiger partial charge in [0.15, 0.2) is 0 Å². The lowest BCUT2D eigenvalue weighted by Crippen LogP contribution is -2.12. The topological polar surface area (TPSA) is 74.4 Å². The Kier molecular flexibility index (Phi) is 4.33. The first-order valence-electron chi connectivity index (χ1n) is 4.69. The van der Waals surface area contributed by atoms with Crippen molar-refractivity contribution in [2.75, 3.05) is 14.2 Å². The summed E-state index contributed by atoms with van der Waals surface area (Å²) in [6.07, 6.45) is -2.89. The van der Waals surface area contributed by atoms with Crippen LogP contribution in [0.3, 0.4) is 0 Å². The van der Waals surface area contributed by atoms with Crippen LogP contribution in [0, 0.1) is 0 Å². The molecule has 0 saturated carbocycles. The number of nitrogens with two attached hydrogens (primary N) is 1. The molecule has 7 heteroatoms. The van der Waals surface area contributed by atoms with E-state index < -0.39 is 18.0 Å². The van der Waals surface area contributed by atoms with Gasteiger partial charge in [-0.3, -0.25) is 0 Å². The predicted molar refractivity (Wildman–Crippen MR) is 55.0 cm³/mol. The van der Waals surface area contributed by atoms with E-state index in [1.165, 1.54) is 13.2 Å². The number of rotatable bonds is 4. The molecule has 0 aliphatic carbocycles. The van der Waals surface area contributed by atoms with Crippen LogP contribution in [0.1, 0.15) is 28.0 Å². The monoisotopic (exact) mass is 246 g/mol. The number of methoxy groups -OCH3 is 2. The van der Waals surface area contributed by atoms with Gasteiger partial charge in [0, 0.05) is 6.54 Å². The van der Waals surface area contributed by atoms with E-state index in [2.05, 4.69) is 9.72 Å². The lowest BCUT2D eigenvalue weighted by Gasteiger charge is -2.12. The van der Waals surface area contributed by atoms with Gasteiger partial charge in [0.05, 0.1) is 31.0 Å². The summed E-state index contributed by atoms with van der Waals surface area (Å²) >= 11 is 0. The second-order valence-corrected chi connectivity index (χ2v) is 3.08. The number of halogens is 2. The van der Waals surface area contributed by atoms with Crippen LogP contribution in [-0.2, 0) is 11.3 Å². The molecule has 5 nitrogen and oxygen atoms in total. The molecule has 0 radical (unpaired) electrons. The number of carbonyl (C=O) groups is 1. The number of pyridine rings is 1. The van der Waals surface area contributed by atoms with Crippen molar-refractivity contribution >= 4 is 5.97 Å². The number of alkyl halides is 2. The number of carbonyl (C=O) groups excluding carboxylic acids is 1. The largest absolute Gasteiger partial charge is 0.481 e. The molecular weight excluding hydrogens is 234 g/mol. The highest BCUT2D eigenvalue weighted by molar-refractivity contribution is 5.91. The van der Waals surface area contributed by atoms with Crippen LogP contribution in [0.5, 0.6) is 5.88 Å². The Hall–Kier alpha value is -1.76. The van der Waals surface area contributed by atoms with E-state index in [0.29, 0.717) is 0 Å². The predicted octanol–water partition coefficient (Wildman–Crippen LogP) is 1.27. The lowest BCUT2D eigenvalue weighted by atomic mass is 10.1. The zero-order chi connectivity index (χ0) is 13.0. The van der Waals surface area contributed by atoms with E-state index in [9.17, 15) is 13.6 Å². The van der Waals surface area contributed by atoms with Gasteiger partial charge in [-0.1, -0.05) is 0 Å². The molecule has 0 aliphatic heterocycles. The van der Waals surface area contributed by atoms with Gasteiger partial charge in [-0.2, -0.15) is 0 Å². The Labute approximate surface area is 96.5 Å². The van der Waals surface area contributed by atoms with Crippen molar-refractivity contribution in [3.05, 3.63) is 22.9 Å². The highest BCUT2D eigenvalue weighted by atomic mass is 19.3. The maximum atomic E-state index is 12.8. The Morgan fingerprint density at radius 1 is 1.53 bits per heavy atom. The smallest absolute Gasteiger partial charge is 0.338 e. The third kappa shape index (κ3) is 2.68. The fourth-order valence-electron chi connectivity index (χ4n) is 1.33. The standard InChI is InChI=1S/C10H12F2N2O3/c1-16-9-7(8(11)12)6(10(15)17-2)3-5(4-13)14-9/h3,8H,4,13H2,1-2H3. The lowest BCUT2D eigenvalue weighted by molar-refractivity contribution is 0.0587. The van der Waals surface area contributed by atoms with Crippen LogP contribution in [0.25, 0.3) is 0 Å². The summed E-state index contributed by atoms with van der Waals surface area (Å²) < 4.78 is 34.9. The van der Waals surface area contributed by atoms with E-state index in [1.54, 1.807) is 0 Å². The molecule has 2 N–H and O–H groups in total. The Bertz CT molecular complexity index is 424. The molecule has 0 unspecified atom stereocenters. The second kappa shape index (κ2) is 5.53. The summed E-state index contributed by atoms with van der Waals surface area (Å²) in [5.41, 5.74) is 4.75. The van der Waals surface area contributed by atoms with Gasteiger partial charge in [0.1, 0.15) is 0 Å². The van der Waals surface area contributed by atoms with Crippen molar-refractivity contribution in [3.63, 3.8) is 0 Å². The van der Waals surface area contributed by atoms with E-state index in [-0.39, 0.29) is 23.7 Å². The minimum atomic E-state index is -2.89. The number of hydrogen-bond donors (Lipinski definition) is 1. The number of ether oxygens (including phenoxy) is 2. The highest BCUT2D eigenvalue weighted by Crippen LogP contribution is 2.31. The summed E-state index contributed by atoms with van der Waals surface area (Å²) in [4.78, 5) is 15.2. The molecule has 0 aliphatic rings. The summed E-state index contributed by atoms with van der Waals surface area (Å²) in [6.45, 7) is 0.00384. The Morgan fingerprint density at radius 3 is 2.59 bits per heavy atom. The molecule has 94 valence electrons. The van der Waals surface area contributed by atoms with Crippen molar-refractivity contribution in [1.29, 1.82) is 0 Å². The fraction of sp³-hybridized carbons (Fsp3) is 0.400. The van der Waals surface area contributed by atoms with E-state index in [4.69, 9.17) is 10.5 Å². The SMILES string of the molecule is COC(=O)c1cc(CN)nc(OC)c1C(F)F. The van der Waals surface area contributed by atoms with Crippen LogP contribution in [-0.4, -0.2) is 25.2 Å². The average Bonchev–Trinajstić information content (AvgIpc) is 2.35. The van der Waals surface area contributed by atoms with Gasteiger partial charge < -0.3 is 15.2 Å². The van der Waals surface area contributed by atoms with Gasteiger partial charge in [-0.15, -0.1) is 0 Å². The van der Waals surface area contributed by atoms with Gasteiger partial charge >= 0.3 is 5.97 Å². The third-order valence-corrected chi connectivity index (χ3v) is 2.10. The molecule has 1 aromatic rings. The maximum absolute atomic E-state index is 12.8. The molecule has 0 spiro atoms. The van der Waals surface area contributed by atoms with Crippen molar-refractivity contribution in [2.45, 2.75) is 13.0 Å². The zero-order valence-electron chi connectivity index (χ0n) is 9.37. The molecule has 0 aromatic carbocycles. The summed E-state index contributed by atoms with van der Waals surface area (Å²) in [7, 11) is 2.29. The molecule has 17 heavy (non-hydrogen) atoms. The van der Waals surface area contributed by atoms with Crippen LogP contribution >= 0.6 is 0 Å². The fourth-order valence-corrected chi connectivity index (χ4v) is 1.33. The molecule has 1 aromatic heterocycles. The van der Waals surface area contributed by atoms with Crippen LogP contribution < -0.4 is 10.5 Å². The van der Waals surface area contributed by atoms with Crippen LogP contribution in [0.15, 0.2) is 6.07 Å². The maximum Gasteiger partial charge on any atom is 0.338 e. The first kappa shape index (κ1) is 13.3. The minimum absolute atomic E-state index is 0.00384. The van der Waals surface area contributed by atoms with Gasteiger partial charge in [0.2, 0.25) is 5.88 Å². The highest BCUT2D eigenvalue weighted by Gasteiger charge is 2.25. The number of hydrogen-bond acceptors (Lipinski definition) is 5. The van der Waals surface area contributed by atoms with Crippen molar-refractivity contribution < 1.29 is 23.0 Å². The van der Waals surface area contributed by atoms with Crippen molar-refractivity contribution in [1.82, 2.24) is 4.98 Å². The Morgan fingerprint density at radius 2 is 2.18 bits per heavy atom. The van der Waals surface area contributed by atoms with Gasteiger partial charge in [-0.05, 0) is 6.07 Å². The van der Waals surface area contributed by atoms with Crippen LogP contribution in [0.4, 0.5) is 8.78 Å². The van der Waals surface area contributed by atoms with Gasteiger partial charge in [0.25, 0.3) is 6.43 Å². The number of aromatic nitrogens is 1. The molecule has 0 bridgehead atoms. The van der Waals surface area contributed by atoms with Crippen molar-refractivity contribution in [2.24, 2.45) is 5.73 Å². The molecule has 0 amide bonds. The minimum Gasteiger partial charge on any atom is -0.481 e. The molecular formula is C10H12F2N2O3. The van der Waals surface area contributed by atoms with E-state index in [0.717, 1.165) is 7.11 Å². The van der Waals surface area contributed by atoms with Crippen molar-refractivity contribution in [3.8, 4) is 5.88 Å². The van der Waals surface area contributed by atoms with E-state index in [1.807, 2.05) is 0 Å². The second-order valence-electron chi connectivity index (χ2n) is 3.08. The molecule has 0 saturated heterocycles. The molecule has 1 heterocycles. The average molecular weight is 246 g/mol.